The molecule has 0 aliphatic carbocycles. The van der Waals surface area contributed by atoms with E-state index in [4.69, 9.17) is 10.00 Å². The molecule has 2 aliphatic rings. The van der Waals surface area contributed by atoms with Crippen molar-refractivity contribution in [3.63, 3.8) is 0 Å². The third-order valence-electron chi connectivity index (χ3n) is 7.00. The van der Waals surface area contributed by atoms with Crippen molar-refractivity contribution < 1.29 is 14.3 Å². The van der Waals surface area contributed by atoms with Crippen LogP contribution in [0.5, 0.6) is 5.75 Å². The van der Waals surface area contributed by atoms with Gasteiger partial charge < -0.3 is 9.64 Å². The van der Waals surface area contributed by atoms with Crippen LogP contribution in [0.25, 0.3) is 0 Å². The van der Waals surface area contributed by atoms with Gasteiger partial charge in [0.05, 0.1) is 23.4 Å². The molecule has 2 aliphatic heterocycles. The number of ether oxygens (including phenoxy) is 1. The number of amides is 3. The molecule has 0 N–H and O–H groups in total. The highest BCUT2D eigenvalue weighted by Crippen LogP contribution is 2.44. The third-order valence-corrected chi connectivity index (χ3v) is 7.00. The lowest BCUT2D eigenvalue weighted by atomic mass is 9.83. The Hall–Kier alpha value is -4.37. The van der Waals surface area contributed by atoms with Gasteiger partial charge in [-0.3, -0.25) is 4.79 Å². The molecule has 0 aromatic heterocycles. The summed E-state index contributed by atoms with van der Waals surface area (Å²) in [6.45, 7) is 6.35. The Bertz CT molecular complexity index is 1360. The first-order valence-corrected chi connectivity index (χ1v) is 12.2. The molecule has 6 nitrogen and oxygen atoms in total. The summed E-state index contributed by atoms with van der Waals surface area (Å²) >= 11 is 0. The van der Waals surface area contributed by atoms with E-state index in [1.807, 2.05) is 55.5 Å². The van der Waals surface area contributed by atoms with Gasteiger partial charge in [-0.1, -0.05) is 49.4 Å². The number of fused-ring (bicyclic) bond motifs is 2. The van der Waals surface area contributed by atoms with E-state index in [1.54, 1.807) is 29.2 Å². The minimum absolute atomic E-state index is 0.191. The number of nitrogens with zero attached hydrogens (tertiary/aromatic N) is 3. The number of carbonyl (C=O) groups excluding carboxylic acids is 2. The monoisotopic (exact) mass is 477 g/mol. The predicted molar refractivity (Wildman–Crippen MR) is 138 cm³/mol. The number of hydrogen-bond acceptors (Lipinski definition) is 4. The Morgan fingerprint density at radius 3 is 2.50 bits per heavy atom. The van der Waals surface area contributed by atoms with Crippen LogP contribution in [0.4, 0.5) is 10.5 Å². The minimum atomic E-state index is -0.549. The summed E-state index contributed by atoms with van der Waals surface area (Å²) in [6, 6.07) is 21.5. The summed E-state index contributed by atoms with van der Waals surface area (Å²) in [6.07, 6.45) is 3.58. The lowest BCUT2D eigenvalue weighted by Gasteiger charge is -2.38. The van der Waals surface area contributed by atoms with Crippen molar-refractivity contribution in [3.8, 4) is 11.8 Å². The second kappa shape index (κ2) is 9.71. The molecule has 5 rings (SSSR count). The minimum Gasteiger partial charge on any atom is -0.489 e. The molecule has 0 spiro atoms. The van der Waals surface area contributed by atoms with Gasteiger partial charge in [0.15, 0.2) is 0 Å². The van der Waals surface area contributed by atoms with Crippen molar-refractivity contribution in [2.24, 2.45) is 0 Å². The number of nitriles is 1. The van der Waals surface area contributed by atoms with Crippen molar-refractivity contribution in [2.75, 3.05) is 4.90 Å². The molecular weight excluding hydrogens is 450 g/mol. The summed E-state index contributed by atoms with van der Waals surface area (Å²) in [5, 5.41) is 9.03. The number of rotatable bonds is 7. The largest absolute Gasteiger partial charge is 0.489 e. The molecule has 0 saturated carbocycles. The van der Waals surface area contributed by atoms with E-state index >= 15 is 0 Å². The number of imide groups is 1. The van der Waals surface area contributed by atoms with Gasteiger partial charge in [0.25, 0.3) is 5.91 Å². The number of benzene rings is 3. The van der Waals surface area contributed by atoms with Crippen LogP contribution in [0, 0.1) is 11.3 Å². The maximum Gasteiger partial charge on any atom is 0.332 e. The van der Waals surface area contributed by atoms with Crippen LogP contribution in [0.3, 0.4) is 0 Å². The number of hydrogen-bond donors (Lipinski definition) is 0. The lowest BCUT2D eigenvalue weighted by molar-refractivity contribution is -0.120. The molecule has 1 unspecified atom stereocenters. The van der Waals surface area contributed by atoms with E-state index in [-0.39, 0.29) is 18.0 Å². The predicted octanol–water partition coefficient (Wildman–Crippen LogP) is 5.71. The zero-order chi connectivity index (χ0) is 25.2. The molecule has 3 aromatic carbocycles. The molecule has 6 heteroatoms. The molecular formula is C30H27N3O3. The SMILES string of the molecule is C=CCc1c(OCc2ccc(C#N)cc2)ccc2c1C[C@H]1C(=O)N(c3ccccc3)C(=O)N1C2CC. The maximum atomic E-state index is 13.5. The fraction of sp³-hybridized carbons (Fsp3) is 0.233. The summed E-state index contributed by atoms with van der Waals surface area (Å²) in [5.74, 6) is 0.557. The number of urea groups is 1. The Morgan fingerprint density at radius 1 is 1.08 bits per heavy atom. The molecule has 1 fully saturated rings. The second-order valence-electron chi connectivity index (χ2n) is 9.04. The highest BCUT2D eigenvalue weighted by molar-refractivity contribution is 6.21. The van der Waals surface area contributed by atoms with Crippen molar-refractivity contribution >= 4 is 17.6 Å². The highest BCUT2D eigenvalue weighted by atomic mass is 16.5. The molecule has 3 amide bonds. The van der Waals surface area contributed by atoms with Crippen LogP contribution < -0.4 is 9.64 Å². The zero-order valence-corrected chi connectivity index (χ0v) is 20.2. The molecule has 180 valence electrons. The molecule has 3 aromatic rings. The van der Waals surface area contributed by atoms with Crippen molar-refractivity contribution in [2.45, 2.75) is 44.9 Å². The first kappa shape index (κ1) is 23.4. The Morgan fingerprint density at radius 2 is 1.83 bits per heavy atom. The van der Waals surface area contributed by atoms with Crippen LogP contribution in [-0.2, 0) is 24.2 Å². The van der Waals surface area contributed by atoms with Crippen LogP contribution >= 0.6 is 0 Å². The summed E-state index contributed by atoms with van der Waals surface area (Å²) in [4.78, 5) is 30.1. The quantitative estimate of drug-likeness (QED) is 0.323. The average Bonchev–Trinajstić information content (AvgIpc) is 3.17. The van der Waals surface area contributed by atoms with E-state index in [1.165, 1.54) is 4.90 Å². The zero-order valence-electron chi connectivity index (χ0n) is 20.2. The number of anilines is 1. The Balaban J connectivity index is 1.49. The maximum absolute atomic E-state index is 13.5. The van der Waals surface area contributed by atoms with Crippen molar-refractivity contribution in [1.29, 1.82) is 5.26 Å². The van der Waals surface area contributed by atoms with Crippen molar-refractivity contribution in [3.05, 3.63) is 107 Å². The molecule has 0 radical (unpaired) electrons. The van der Waals surface area contributed by atoms with E-state index in [0.29, 0.717) is 37.1 Å². The highest BCUT2D eigenvalue weighted by Gasteiger charge is 2.51. The first-order chi connectivity index (χ1) is 17.6. The molecule has 2 atom stereocenters. The van der Waals surface area contributed by atoms with E-state index < -0.39 is 6.04 Å². The van der Waals surface area contributed by atoms with Gasteiger partial charge >= 0.3 is 6.03 Å². The lowest BCUT2D eigenvalue weighted by Crippen LogP contribution is -2.43. The Labute approximate surface area is 211 Å². The second-order valence-corrected chi connectivity index (χ2v) is 9.04. The molecule has 2 heterocycles. The van der Waals surface area contributed by atoms with Gasteiger partial charge in [0.1, 0.15) is 18.4 Å². The topological polar surface area (TPSA) is 73.6 Å². The first-order valence-electron chi connectivity index (χ1n) is 12.2. The van der Waals surface area contributed by atoms with Crippen LogP contribution in [-0.4, -0.2) is 22.9 Å². The fourth-order valence-corrected chi connectivity index (χ4v) is 5.30. The van der Waals surface area contributed by atoms with Crippen LogP contribution in [0.1, 0.15) is 47.2 Å². The third kappa shape index (κ3) is 3.93. The van der Waals surface area contributed by atoms with Crippen LogP contribution in [0.2, 0.25) is 0 Å². The molecule has 36 heavy (non-hydrogen) atoms. The smallest absolute Gasteiger partial charge is 0.332 e. The normalized spacial score (nSPS) is 18.4. The van der Waals surface area contributed by atoms with E-state index in [9.17, 15) is 9.59 Å². The summed E-state index contributed by atoms with van der Waals surface area (Å²) < 4.78 is 6.23. The number of allylic oxidation sites excluding steroid dienone is 1. The van der Waals surface area contributed by atoms with Gasteiger partial charge in [0.2, 0.25) is 0 Å². The van der Waals surface area contributed by atoms with Gasteiger partial charge in [-0.25, -0.2) is 9.69 Å². The number of carbonyl (C=O) groups is 2. The average molecular weight is 478 g/mol. The van der Waals surface area contributed by atoms with E-state index in [0.717, 1.165) is 28.0 Å². The Kier molecular flexibility index (Phi) is 6.30. The van der Waals surface area contributed by atoms with Crippen LogP contribution in [0.15, 0.2) is 79.4 Å². The van der Waals surface area contributed by atoms with Crippen molar-refractivity contribution in [1.82, 2.24) is 4.90 Å². The van der Waals surface area contributed by atoms with Gasteiger partial charge in [-0.15, -0.1) is 6.58 Å². The fourth-order valence-electron chi connectivity index (χ4n) is 5.30. The summed E-state index contributed by atoms with van der Waals surface area (Å²) in [5.41, 5.74) is 5.30. The number of para-hydroxylation sites is 1. The van der Waals surface area contributed by atoms with E-state index in [2.05, 4.69) is 12.6 Å². The van der Waals surface area contributed by atoms with Gasteiger partial charge in [0, 0.05) is 12.0 Å². The van der Waals surface area contributed by atoms with Gasteiger partial charge in [-0.2, -0.15) is 5.26 Å². The molecule has 1 saturated heterocycles. The standard InChI is InChI=1S/C30H27N3O3/c1-3-8-24-25-17-27-29(34)32(22-9-6-5-7-10-22)30(35)33(27)26(4-2)23(25)15-16-28(24)36-19-21-13-11-20(18-31)12-14-21/h3,5-7,9-16,26-27H,1,4,8,17,19H2,2H3/t26?,27-/m0/s1. The molecule has 0 bridgehead atoms. The van der Waals surface area contributed by atoms with Gasteiger partial charge in [-0.05, 0) is 59.9 Å². The summed E-state index contributed by atoms with van der Waals surface area (Å²) in [7, 11) is 0.